The fraction of sp³-hybridized carbons (Fsp3) is 0.462. The lowest BCUT2D eigenvalue weighted by Crippen LogP contribution is -2.49. The number of thioether (sulfide) groups is 1. The van der Waals surface area contributed by atoms with E-state index in [0.717, 1.165) is 5.75 Å². The van der Waals surface area contributed by atoms with Gasteiger partial charge in [-0.25, -0.2) is 14.6 Å². The number of nitrogens with zero attached hydrogens (tertiary/aromatic N) is 2. The van der Waals surface area contributed by atoms with E-state index in [1.165, 1.54) is 6.20 Å². The van der Waals surface area contributed by atoms with Gasteiger partial charge in [0.05, 0.1) is 5.69 Å². The first-order valence-corrected chi connectivity index (χ1v) is 7.43. The van der Waals surface area contributed by atoms with E-state index in [9.17, 15) is 9.59 Å². The van der Waals surface area contributed by atoms with Crippen LogP contribution >= 0.6 is 11.8 Å². The van der Waals surface area contributed by atoms with Gasteiger partial charge in [0.1, 0.15) is 0 Å². The maximum absolute atomic E-state index is 12.3. The number of carbonyl (C=O) groups is 2. The van der Waals surface area contributed by atoms with E-state index in [2.05, 4.69) is 17.2 Å². The van der Waals surface area contributed by atoms with E-state index in [1.54, 1.807) is 17.0 Å². The zero-order chi connectivity index (χ0) is 14.7. The molecule has 2 rings (SSSR count). The van der Waals surface area contributed by atoms with Crippen molar-refractivity contribution in [3.05, 3.63) is 24.0 Å². The van der Waals surface area contributed by atoms with Gasteiger partial charge in [0, 0.05) is 29.8 Å². The third kappa shape index (κ3) is 3.04. The van der Waals surface area contributed by atoms with E-state index in [0.29, 0.717) is 11.8 Å². The molecule has 0 spiro atoms. The van der Waals surface area contributed by atoms with Gasteiger partial charge in [-0.3, -0.25) is 0 Å². The molecule has 0 aromatic carbocycles. The Kier molecular flexibility index (Phi) is 4.49. The Morgan fingerprint density at radius 2 is 2.25 bits per heavy atom. The zero-order valence-corrected chi connectivity index (χ0v) is 12.2. The molecule has 2 heterocycles. The quantitative estimate of drug-likeness (QED) is 0.873. The highest BCUT2D eigenvalue weighted by molar-refractivity contribution is 8.00. The van der Waals surface area contributed by atoms with Crippen LogP contribution in [0.4, 0.5) is 10.5 Å². The molecule has 20 heavy (non-hydrogen) atoms. The highest BCUT2D eigenvalue weighted by Crippen LogP contribution is 2.25. The second-order valence-electron chi connectivity index (χ2n) is 4.64. The second-order valence-corrected chi connectivity index (χ2v) is 6.13. The minimum absolute atomic E-state index is 0.110. The topological polar surface area (TPSA) is 82.5 Å². The number of aromatic nitrogens is 1. The van der Waals surface area contributed by atoms with Crippen LogP contribution in [0.15, 0.2) is 18.3 Å². The minimum Gasteiger partial charge on any atom is -0.476 e. The molecule has 0 radical (unpaired) electrons. The highest BCUT2D eigenvalue weighted by Gasteiger charge is 2.29. The first-order chi connectivity index (χ1) is 9.50. The van der Waals surface area contributed by atoms with Gasteiger partial charge in [0.15, 0.2) is 5.69 Å². The summed E-state index contributed by atoms with van der Waals surface area (Å²) in [6, 6.07) is 2.97. The van der Waals surface area contributed by atoms with Crippen LogP contribution in [0.5, 0.6) is 0 Å². The van der Waals surface area contributed by atoms with E-state index in [-0.39, 0.29) is 23.5 Å². The average Bonchev–Trinajstić information content (AvgIpc) is 2.42. The molecular formula is C13H17N3O3S. The Balaban J connectivity index is 2.14. The van der Waals surface area contributed by atoms with Crippen molar-refractivity contribution in [2.24, 2.45) is 0 Å². The van der Waals surface area contributed by atoms with E-state index >= 15 is 0 Å². The molecule has 0 aliphatic carbocycles. The zero-order valence-electron chi connectivity index (χ0n) is 11.4. The lowest BCUT2D eigenvalue weighted by atomic mass is 10.2. The lowest BCUT2D eigenvalue weighted by molar-refractivity contribution is 0.0691. The lowest BCUT2D eigenvalue weighted by Gasteiger charge is -2.37. The standard InChI is InChI=1S/C13H17N3O3S/c1-8-9(2)20-7-6-16(8)13(19)15-10-4-3-5-14-11(10)12(17)18/h3-5,8-9H,6-7H2,1-2H3,(H,15,19)(H,17,18). The summed E-state index contributed by atoms with van der Waals surface area (Å²) < 4.78 is 0. The van der Waals surface area contributed by atoms with E-state index in [1.807, 2.05) is 18.7 Å². The maximum atomic E-state index is 12.3. The van der Waals surface area contributed by atoms with Crippen LogP contribution < -0.4 is 5.32 Å². The molecule has 0 bridgehead atoms. The number of carbonyl (C=O) groups excluding carboxylic acids is 1. The van der Waals surface area contributed by atoms with Crippen LogP contribution in [-0.4, -0.2) is 50.6 Å². The molecule has 2 unspecified atom stereocenters. The fourth-order valence-electron chi connectivity index (χ4n) is 2.08. The molecule has 2 N–H and O–H groups in total. The maximum Gasteiger partial charge on any atom is 0.356 e. The number of nitrogens with one attached hydrogen (secondary N) is 1. The van der Waals surface area contributed by atoms with Gasteiger partial charge in [-0.05, 0) is 19.1 Å². The van der Waals surface area contributed by atoms with Gasteiger partial charge in [0.25, 0.3) is 0 Å². The molecular weight excluding hydrogens is 278 g/mol. The number of pyridine rings is 1. The molecule has 1 fully saturated rings. The number of hydrogen-bond donors (Lipinski definition) is 2. The summed E-state index contributed by atoms with van der Waals surface area (Å²) in [6.07, 6.45) is 1.39. The van der Waals surface area contributed by atoms with Crippen LogP contribution in [0.25, 0.3) is 0 Å². The molecule has 1 aromatic heterocycles. The minimum atomic E-state index is -1.16. The van der Waals surface area contributed by atoms with Gasteiger partial charge in [-0.2, -0.15) is 11.8 Å². The second kappa shape index (κ2) is 6.13. The summed E-state index contributed by atoms with van der Waals surface area (Å²) in [5, 5.41) is 12.1. The molecule has 2 atom stereocenters. The molecule has 1 aliphatic rings. The molecule has 1 aliphatic heterocycles. The fourth-order valence-corrected chi connectivity index (χ4v) is 3.18. The Morgan fingerprint density at radius 3 is 2.95 bits per heavy atom. The van der Waals surface area contributed by atoms with Crippen molar-refractivity contribution in [1.29, 1.82) is 0 Å². The number of aromatic carboxylic acids is 1. The van der Waals surface area contributed by atoms with Crippen molar-refractivity contribution in [1.82, 2.24) is 9.88 Å². The summed E-state index contributed by atoms with van der Waals surface area (Å²) in [4.78, 5) is 28.9. The molecule has 7 heteroatoms. The average molecular weight is 295 g/mol. The van der Waals surface area contributed by atoms with E-state index < -0.39 is 5.97 Å². The van der Waals surface area contributed by atoms with Gasteiger partial charge >= 0.3 is 12.0 Å². The number of hydrogen-bond acceptors (Lipinski definition) is 4. The first kappa shape index (κ1) is 14.6. The van der Waals surface area contributed by atoms with Gasteiger partial charge < -0.3 is 15.3 Å². The van der Waals surface area contributed by atoms with Crippen molar-refractivity contribution in [2.45, 2.75) is 25.1 Å². The summed E-state index contributed by atoms with van der Waals surface area (Å²) in [5.74, 6) is -0.269. The number of carboxylic acids is 1. The number of rotatable bonds is 2. The number of amides is 2. The van der Waals surface area contributed by atoms with Crippen molar-refractivity contribution < 1.29 is 14.7 Å². The van der Waals surface area contributed by atoms with Crippen LogP contribution in [0.2, 0.25) is 0 Å². The summed E-state index contributed by atoms with van der Waals surface area (Å²) in [7, 11) is 0. The van der Waals surface area contributed by atoms with Crippen molar-refractivity contribution in [3.8, 4) is 0 Å². The van der Waals surface area contributed by atoms with Crippen molar-refractivity contribution in [2.75, 3.05) is 17.6 Å². The van der Waals surface area contributed by atoms with Crippen LogP contribution in [0.1, 0.15) is 24.3 Å². The van der Waals surface area contributed by atoms with Crippen molar-refractivity contribution >= 4 is 29.4 Å². The molecule has 0 saturated carbocycles. The Hall–Kier alpha value is -1.76. The van der Waals surface area contributed by atoms with Crippen LogP contribution in [0.3, 0.4) is 0 Å². The Labute approximate surface area is 121 Å². The molecule has 2 amide bonds. The summed E-state index contributed by atoms with van der Waals surface area (Å²) in [6.45, 7) is 4.74. The first-order valence-electron chi connectivity index (χ1n) is 6.38. The van der Waals surface area contributed by atoms with Gasteiger partial charge in [-0.1, -0.05) is 6.92 Å². The Bertz CT molecular complexity index is 523. The smallest absolute Gasteiger partial charge is 0.356 e. The van der Waals surface area contributed by atoms with Gasteiger partial charge in [-0.15, -0.1) is 0 Å². The molecule has 1 saturated heterocycles. The summed E-state index contributed by atoms with van der Waals surface area (Å²) in [5.41, 5.74) is 0.0796. The number of carboxylic acid groups (broad SMARTS) is 1. The van der Waals surface area contributed by atoms with E-state index in [4.69, 9.17) is 5.11 Å². The third-order valence-electron chi connectivity index (χ3n) is 3.40. The third-order valence-corrected chi connectivity index (χ3v) is 4.73. The molecule has 108 valence electrons. The predicted octanol–water partition coefficient (Wildman–Crippen LogP) is 2.14. The molecule has 6 nitrogen and oxygen atoms in total. The summed E-state index contributed by atoms with van der Waals surface area (Å²) >= 11 is 1.83. The normalized spacial score (nSPS) is 22.4. The number of urea groups is 1. The monoisotopic (exact) mass is 295 g/mol. The predicted molar refractivity (Wildman–Crippen MR) is 78.3 cm³/mol. The number of anilines is 1. The van der Waals surface area contributed by atoms with Crippen LogP contribution in [-0.2, 0) is 0 Å². The van der Waals surface area contributed by atoms with Crippen molar-refractivity contribution in [3.63, 3.8) is 0 Å². The Morgan fingerprint density at radius 1 is 1.50 bits per heavy atom. The van der Waals surface area contributed by atoms with Gasteiger partial charge in [0.2, 0.25) is 0 Å². The SMILES string of the molecule is CC1SCCN(C(=O)Nc2cccnc2C(=O)O)C1C. The van der Waals surface area contributed by atoms with Crippen LogP contribution in [0, 0.1) is 0 Å². The highest BCUT2D eigenvalue weighted by atomic mass is 32.2. The largest absolute Gasteiger partial charge is 0.476 e. The molecule has 1 aromatic rings.